The second kappa shape index (κ2) is 7.83. The van der Waals surface area contributed by atoms with Gasteiger partial charge in [-0.3, -0.25) is 9.59 Å². The Morgan fingerprint density at radius 2 is 1.18 bits per heavy atom. The molecule has 28 heavy (non-hydrogen) atoms. The molecule has 0 radical (unpaired) electrons. The zero-order valence-corrected chi connectivity index (χ0v) is 16.2. The third-order valence-corrected chi connectivity index (χ3v) is 5.54. The summed E-state index contributed by atoms with van der Waals surface area (Å²) in [6.45, 7) is 0. The third-order valence-electron chi connectivity index (χ3n) is 4.80. The third kappa shape index (κ3) is 3.37. The van der Waals surface area contributed by atoms with E-state index in [-0.39, 0.29) is 11.6 Å². The van der Waals surface area contributed by atoms with Crippen LogP contribution in [0.3, 0.4) is 0 Å². The van der Waals surface area contributed by atoms with Crippen molar-refractivity contribution in [3.05, 3.63) is 107 Å². The highest BCUT2D eigenvalue weighted by Crippen LogP contribution is 2.26. The molecule has 0 fully saturated rings. The van der Waals surface area contributed by atoms with Gasteiger partial charge in [0, 0.05) is 17.2 Å². The van der Waals surface area contributed by atoms with Gasteiger partial charge < -0.3 is 0 Å². The molecule has 0 amide bonds. The molecule has 0 saturated carbocycles. The average molecular weight is 382 g/mol. The molecule has 4 aromatic rings. The van der Waals surface area contributed by atoms with Gasteiger partial charge in [-0.1, -0.05) is 84.9 Å². The van der Waals surface area contributed by atoms with E-state index in [1.807, 2.05) is 91.2 Å². The lowest BCUT2D eigenvalue weighted by atomic mass is 9.99. The number of benzene rings is 4. The molecule has 0 heterocycles. The summed E-state index contributed by atoms with van der Waals surface area (Å²) in [4.78, 5) is 26.6. The molecule has 0 spiro atoms. The largest absolute Gasteiger partial charge is 0.289 e. The van der Waals surface area contributed by atoms with E-state index in [9.17, 15) is 9.59 Å². The van der Waals surface area contributed by atoms with Gasteiger partial charge in [0.2, 0.25) is 0 Å². The summed E-state index contributed by atoms with van der Waals surface area (Å²) >= 11 is 1.30. The van der Waals surface area contributed by atoms with Crippen molar-refractivity contribution in [2.45, 2.75) is 0 Å². The van der Waals surface area contributed by atoms with Crippen LogP contribution in [0.4, 0.5) is 0 Å². The monoisotopic (exact) mass is 382 g/mol. The molecular formula is C25H18O2S. The maximum absolute atomic E-state index is 13.2. The van der Waals surface area contributed by atoms with Crippen LogP contribution in [0.1, 0.15) is 20.7 Å². The Balaban J connectivity index is 1.76. The zero-order chi connectivity index (χ0) is 19.5. The molecule has 0 unspecified atom stereocenters. The van der Waals surface area contributed by atoms with Gasteiger partial charge in [-0.05, 0) is 27.8 Å². The average Bonchev–Trinajstić information content (AvgIpc) is 2.76. The van der Waals surface area contributed by atoms with Gasteiger partial charge in [0.25, 0.3) is 0 Å². The van der Waals surface area contributed by atoms with Crippen molar-refractivity contribution in [1.82, 2.24) is 0 Å². The Bertz CT molecular complexity index is 1230. The number of ketones is 2. The second-order valence-electron chi connectivity index (χ2n) is 6.46. The zero-order valence-electron chi connectivity index (χ0n) is 15.4. The van der Waals surface area contributed by atoms with Gasteiger partial charge in [0.1, 0.15) is 0 Å². The predicted octanol–water partition coefficient (Wildman–Crippen LogP) is 6.31. The van der Waals surface area contributed by atoms with Crippen LogP contribution in [0.25, 0.3) is 21.5 Å². The smallest absolute Gasteiger partial charge is 0.200 e. The van der Waals surface area contributed by atoms with E-state index in [1.54, 1.807) is 0 Å². The van der Waals surface area contributed by atoms with Gasteiger partial charge in [-0.25, -0.2) is 0 Å². The van der Waals surface area contributed by atoms with E-state index in [4.69, 9.17) is 0 Å². The Kier molecular flexibility index (Phi) is 5.09. The van der Waals surface area contributed by atoms with Crippen LogP contribution in [-0.2, 0) is 0 Å². The Labute approximate surface area is 167 Å². The molecule has 4 aromatic carbocycles. The van der Waals surface area contributed by atoms with Gasteiger partial charge in [-0.15, -0.1) is 11.8 Å². The first-order valence-corrected chi connectivity index (χ1v) is 10.2. The van der Waals surface area contributed by atoms with E-state index in [2.05, 4.69) is 0 Å². The standard InChI is InChI=1S/C25H18O2S/c1-28-24(25(27)22-15-7-11-18-9-3-5-13-20(18)22)16-23(26)21-14-6-10-17-8-2-4-12-19(17)21/h2-16H,1H3/b24-16-. The number of allylic oxidation sites excluding steroid dienone is 2. The number of hydrogen-bond donors (Lipinski definition) is 0. The minimum Gasteiger partial charge on any atom is -0.289 e. The van der Waals surface area contributed by atoms with Crippen LogP contribution in [-0.4, -0.2) is 17.8 Å². The maximum Gasteiger partial charge on any atom is 0.200 e. The summed E-state index contributed by atoms with van der Waals surface area (Å²) in [6, 6.07) is 26.9. The number of carbonyl (C=O) groups excluding carboxylic acids is 2. The van der Waals surface area contributed by atoms with Gasteiger partial charge in [0.15, 0.2) is 11.6 Å². The molecule has 0 aliphatic carbocycles. The number of hydrogen-bond acceptors (Lipinski definition) is 3. The van der Waals surface area contributed by atoms with E-state index < -0.39 is 0 Å². The second-order valence-corrected chi connectivity index (χ2v) is 7.31. The SMILES string of the molecule is CS/C(=C\C(=O)c1cccc2ccccc12)C(=O)c1cccc2ccccc12. The number of thioether (sulfide) groups is 1. The highest BCUT2D eigenvalue weighted by atomic mass is 32.2. The topological polar surface area (TPSA) is 34.1 Å². The number of Topliss-reactive ketones (excluding diaryl/α,β-unsaturated/α-hetero) is 1. The Hall–Kier alpha value is -3.17. The molecule has 0 bridgehead atoms. The fourth-order valence-electron chi connectivity index (χ4n) is 3.41. The van der Waals surface area contributed by atoms with Crippen LogP contribution in [0, 0.1) is 0 Å². The molecule has 0 atom stereocenters. The number of fused-ring (bicyclic) bond motifs is 2. The van der Waals surface area contributed by atoms with Crippen molar-refractivity contribution in [3.63, 3.8) is 0 Å². The lowest BCUT2D eigenvalue weighted by Crippen LogP contribution is -2.05. The van der Waals surface area contributed by atoms with E-state index in [1.165, 1.54) is 17.8 Å². The quantitative estimate of drug-likeness (QED) is 0.300. The molecule has 2 nitrogen and oxygen atoms in total. The van der Waals surface area contributed by atoms with Crippen LogP contribution in [0.5, 0.6) is 0 Å². The first-order chi connectivity index (χ1) is 13.7. The van der Waals surface area contributed by atoms with E-state index >= 15 is 0 Å². The van der Waals surface area contributed by atoms with Crippen LogP contribution in [0.15, 0.2) is 95.9 Å². The van der Waals surface area contributed by atoms with E-state index in [0.717, 1.165) is 21.5 Å². The minimum atomic E-state index is -0.158. The molecule has 136 valence electrons. The highest BCUT2D eigenvalue weighted by molar-refractivity contribution is 8.03. The number of carbonyl (C=O) groups is 2. The molecular weight excluding hydrogens is 364 g/mol. The molecule has 0 aliphatic heterocycles. The van der Waals surface area contributed by atoms with E-state index in [0.29, 0.717) is 16.0 Å². The maximum atomic E-state index is 13.2. The fourth-order valence-corrected chi connectivity index (χ4v) is 3.93. The summed E-state index contributed by atoms with van der Waals surface area (Å²) in [6.07, 6.45) is 3.29. The van der Waals surface area contributed by atoms with Crippen LogP contribution in [0.2, 0.25) is 0 Å². The lowest BCUT2D eigenvalue weighted by Gasteiger charge is -2.08. The molecule has 0 aromatic heterocycles. The van der Waals surface area contributed by atoms with Gasteiger partial charge >= 0.3 is 0 Å². The Morgan fingerprint density at radius 1 is 0.679 bits per heavy atom. The first kappa shape index (κ1) is 18.2. The molecule has 3 heteroatoms. The van der Waals surface area contributed by atoms with Crippen molar-refractivity contribution in [2.24, 2.45) is 0 Å². The summed E-state index contributed by atoms with van der Waals surface area (Å²) in [5, 5.41) is 3.80. The van der Waals surface area contributed by atoms with Crippen molar-refractivity contribution < 1.29 is 9.59 Å². The summed E-state index contributed by atoms with van der Waals surface area (Å²) in [5.74, 6) is -0.285. The van der Waals surface area contributed by atoms with Gasteiger partial charge in [0.05, 0.1) is 4.91 Å². The highest BCUT2D eigenvalue weighted by Gasteiger charge is 2.17. The van der Waals surface area contributed by atoms with Crippen molar-refractivity contribution in [1.29, 1.82) is 0 Å². The van der Waals surface area contributed by atoms with Crippen LogP contribution < -0.4 is 0 Å². The summed E-state index contributed by atoms with van der Waals surface area (Å²) in [5.41, 5.74) is 1.22. The molecule has 0 aliphatic rings. The predicted molar refractivity (Wildman–Crippen MR) is 118 cm³/mol. The first-order valence-electron chi connectivity index (χ1n) is 8.99. The van der Waals surface area contributed by atoms with Crippen molar-refractivity contribution >= 4 is 44.9 Å². The molecule has 0 N–H and O–H groups in total. The minimum absolute atomic E-state index is 0.127. The number of rotatable bonds is 5. The Morgan fingerprint density at radius 3 is 1.79 bits per heavy atom. The summed E-state index contributed by atoms with van der Waals surface area (Å²) < 4.78 is 0. The molecule has 4 rings (SSSR count). The summed E-state index contributed by atoms with van der Waals surface area (Å²) in [7, 11) is 0. The lowest BCUT2D eigenvalue weighted by molar-refractivity contribution is 0.102. The van der Waals surface area contributed by atoms with Crippen molar-refractivity contribution in [3.8, 4) is 0 Å². The van der Waals surface area contributed by atoms with Crippen molar-refractivity contribution in [2.75, 3.05) is 6.26 Å². The molecule has 0 saturated heterocycles. The fraction of sp³-hybridized carbons (Fsp3) is 0.0400. The van der Waals surface area contributed by atoms with Crippen LogP contribution >= 0.6 is 11.8 Å². The van der Waals surface area contributed by atoms with Gasteiger partial charge in [-0.2, -0.15) is 0 Å². The normalized spacial score (nSPS) is 11.7.